The van der Waals surface area contributed by atoms with Crippen LogP contribution in [-0.2, 0) is 0 Å². The number of carbonyl (C=O) groups is 1. The number of hydrogen-bond donors (Lipinski definition) is 1. The normalized spacial score (nSPS) is 9.21. The summed E-state index contributed by atoms with van der Waals surface area (Å²) in [6.07, 6.45) is 0. The molecule has 0 atom stereocenters. The van der Waals surface area contributed by atoms with Crippen LogP contribution in [0.15, 0.2) is 24.3 Å². The number of halogens is 1. The Morgan fingerprint density at radius 1 is 1.36 bits per heavy atom. The SMILES string of the molecule is C[NH+](C)C.O=C([O-])c1cccc(F)c1. The van der Waals surface area contributed by atoms with Crippen molar-refractivity contribution in [1.29, 1.82) is 0 Å². The molecule has 4 heteroatoms. The molecule has 0 bridgehead atoms. The van der Waals surface area contributed by atoms with Crippen LogP contribution in [0.2, 0.25) is 0 Å². The van der Waals surface area contributed by atoms with Gasteiger partial charge in [-0.2, -0.15) is 0 Å². The van der Waals surface area contributed by atoms with Crippen molar-refractivity contribution in [2.24, 2.45) is 0 Å². The molecule has 1 aromatic carbocycles. The molecule has 0 aliphatic carbocycles. The molecule has 0 saturated carbocycles. The second-order valence-electron chi connectivity index (χ2n) is 3.30. The van der Waals surface area contributed by atoms with Gasteiger partial charge in [0.1, 0.15) is 5.82 Å². The van der Waals surface area contributed by atoms with E-state index in [9.17, 15) is 14.3 Å². The van der Waals surface area contributed by atoms with E-state index < -0.39 is 11.8 Å². The zero-order valence-corrected chi connectivity index (χ0v) is 8.50. The Morgan fingerprint density at radius 2 is 1.86 bits per heavy atom. The highest BCUT2D eigenvalue weighted by atomic mass is 19.1. The highest BCUT2D eigenvalue weighted by Gasteiger charge is 1.93. The van der Waals surface area contributed by atoms with Gasteiger partial charge >= 0.3 is 0 Å². The highest BCUT2D eigenvalue weighted by Crippen LogP contribution is 2.00. The fraction of sp³-hybridized carbons (Fsp3) is 0.300. The van der Waals surface area contributed by atoms with Crippen molar-refractivity contribution >= 4 is 5.97 Å². The number of rotatable bonds is 1. The monoisotopic (exact) mass is 199 g/mol. The van der Waals surface area contributed by atoms with Crippen LogP contribution in [-0.4, -0.2) is 27.1 Å². The van der Waals surface area contributed by atoms with Gasteiger partial charge in [0.05, 0.1) is 27.1 Å². The lowest BCUT2D eigenvalue weighted by Gasteiger charge is -1.99. The number of hydrogen-bond acceptors (Lipinski definition) is 2. The molecule has 0 radical (unpaired) electrons. The van der Waals surface area contributed by atoms with E-state index in [-0.39, 0.29) is 5.56 Å². The first-order chi connectivity index (χ1) is 6.43. The smallest absolute Gasteiger partial charge is 0.123 e. The largest absolute Gasteiger partial charge is 0.545 e. The fourth-order valence-electron chi connectivity index (χ4n) is 0.615. The molecule has 0 heterocycles. The lowest BCUT2D eigenvalue weighted by molar-refractivity contribution is -0.836. The minimum Gasteiger partial charge on any atom is -0.545 e. The molecule has 0 saturated heterocycles. The van der Waals surface area contributed by atoms with Crippen LogP contribution in [0.4, 0.5) is 4.39 Å². The van der Waals surface area contributed by atoms with Gasteiger partial charge in [-0.15, -0.1) is 0 Å². The summed E-state index contributed by atoms with van der Waals surface area (Å²) in [7, 11) is 6.25. The first-order valence-electron chi connectivity index (χ1n) is 4.17. The maximum atomic E-state index is 12.2. The minimum absolute atomic E-state index is 0.139. The molecule has 0 fully saturated rings. The number of carboxylic acid groups (broad SMARTS) is 1. The molecular formula is C10H14FNO2. The molecule has 3 nitrogen and oxygen atoms in total. The summed E-state index contributed by atoms with van der Waals surface area (Å²) in [6, 6.07) is 4.68. The van der Waals surface area contributed by atoms with Crippen LogP contribution in [0.25, 0.3) is 0 Å². The molecule has 0 amide bonds. The Labute approximate surface area is 82.8 Å². The summed E-state index contributed by atoms with van der Waals surface area (Å²) in [6.45, 7) is 0. The zero-order chi connectivity index (χ0) is 11.1. The molecule has 0 unspecified atom stereocenters. The number of carbonyl (C=O) groups excluding carboxylic acids is 1. The van der Waals surface area contributed by atoms with Gasteiger partial charge in [0, 0.05) is 5.56 Å². The predicted molar refractivity (Wildman–Crippen MR) is 49.5 cm³/mol. The third-order valence-electron chi connectivity index (χ3n) is 1.06. The number of nitrogens with one attached hydrogen (secondary N) is 1. The minimum atomic E-state index is -1.36. The van der Waals surface area contributed by atoms with Crippen molar-refractivity contribution in [3.05, 3.63) is 35.6 Å². The van der Waals surface area contributed by atoms with Crippen LogP contribution >= 0.6 is 0 Å². The van der Waals surface area contributed by atoms with E-state index >= 15 is 0 Å². The quantitative estimate of drug-likeness (QED) is 0.627. The first kappa shape index (κ1) is 12.6. The number of benzene rings is 1. The average molecular weight is 199 g/mol. The Balaban J connectivity index is 0.000000364. The molecule has 0 aliphatic rings. The summed E-state index contributed by atoms with van der Waals surface area (Å²) >= 11 is 0. The summed E-state index contributed by atoms with van der Waals surface area (Å²) < 4.78 is 12.2. The summed E-state index contributed by atoms with van der Waals surface area (Å²) in [4.78, 5) is 11.5. The molecular weight excluding hydrogens is 185 g/mol. The van der Waals surface area contributed by atoms with Crippen molar-refractivity contribution in [3.8, 4) is 0 Å². The molecule has 14 heavy (non-hydrogen) atoms. The number of carboxylic acids is 1. The maximum absolute atomic E-state index is 12.2. The van der Waals surface area contributed by atoms with Gasteiger partial charge in [-0.3, -0.25) is 0 Å². The Bertz CT molecular complexity index is 297. The van der Waals surface area contributed by atoms with Crippen molar-refractivity contribution < 1.29 is 19.2 Å². The lowest BCUT2D eigenvalue weighted by atomic mass is 10.2. The van der Waals surface area contributed by atoms with Crippen molar-refractivity contribution in [2.75, 3.05) is 21.1 Å². The highest BCUT2D eigenvalue weighted by molar-refractivity contribution is 5.85. The third-order valence-corrected chi connectivity index (χ3v) is 1.06. The van der Waals surface area contributed by atoms with E-state index in [0.29, 0.717) is 0 Å². The second kappa shape index (κ2) is 6.10. The topological polar surface area (TPSA) is 44.6 Å². The Hall–Kier alpha value is -1.42. The van der Waals surface area contributed by atoms with Crippen molar-refractivity contribution in [3.63, 3.8) is 0 Å². The van der Waals surface area contributed by atoms with Crippen LogP contribution in [0.3, 0.4) is 0 Å². The molecule has 0 spiro atoms. The van der Waals surface area contributed by atoms with Crippen molar-refractivity contribution in [2.45, 2.75) is 0 Å². The first-order valence-corrected chi connectivity index (χ1v) is 4.17. The number of aromatic carboxylic acids is 1. The summed E-state index contributed by atoms with van der Waals surface area (Å²) in [5.41, 5.74) is -0.139. The maximum Gasteiger partial charge on any atom is 0.123 e. The Morgan fingerprint density at radius 3 is 2.14 bits per heavy atom. The molecule has 1 rings (SSSR count). The molecule has 0 aromatic heterocycles. The molecule has 0 aliphatic heterocycles. The van der Waals surface area contributed by atoms with Crippen molar-refractivity contribution in [1.82, 2.24) is 0 Å². The Kier molecular flexibility index (Phi) is 5.48. The summed E-state index contributed by atoms with van der Waals surface area (Å²) in [5.74, 6) is -1.93. The van der Waals surface area contributed by atoms with Gasteiger partial charge in [0.2, 0.25) is 0 Å². The van der Waals surface area contributed by atoms with Gasteiger partial charge in [-0.25, -0.2) is 4.39 Å². The zero-order valence-electron chi connectivity index (χ0n) is 8.50. The van der Waals surface area contributed by atoms with Gasteiger partial charge in [0.15, 0.2) is 0 Å². The fourth-order valence-corrected chi connectivity index (χ4v) is 0.615. The van der Waals surface area contributed by atoms with E-state index in [4.69, 9.17) is 0 Å². The van der Waals surface area contributed by atoms with E-state index in [2.05, 4.69) is 21.1 Å². The van der Waals surface area contributed by atoms with E-state index in [1.807, 2.05) is 0 Å². The van der Waals surface area contributed by atoms with Gasteiger partial charge in [-0.1, -0.05) is 12.1 Å². The average Bonchev–Trinajstić information content (AvgIpc) is 2.03. The molecule has 1 N–H and O–H groups in total. The van der Waals surface area contributed by atoms with Crippen LogP contribution in [0.5, 0.6) is 0 Å². The van der Waals surface area contributed by atoms with Gasteiger partial charge < -0.3 is 14.8 Å². The molecule has 1 aromatic rings. The summed E-state index contributed by atoms with van der Waals surface area (Å²) in [5, 5.41) is 10.1. The van der Waals surface area contributed by atoms with Gasteiger partial charge in [-0.05, 0) is 12.1 Å². The standard InChI is InChI=1S/C7H5FO2.C3H9N/c8-6-3-1-2-5(4-6)7(9)10;1-4(2)3/h1-4H,(H,9,10);1-3H3. The van der Waals surface area contributed by atoms with E-state index in [1.54, 1.807) is 0 Å². The van der Waals surface area contributed by atoms with Crippen LogP contribution in [0.1, 0.15) is 10.4 Å². The van der Waals surface area contributed by atoms with E-state index in [0.717, 1.165) is 6.07 Å². The second-order valence-corrected chi connectivity index (χ2v) is 3.30. The third kappa shape index (κ3) is 6.14. The predicted octanol–water partition coefficient (Wildman–Crippen LogP) is -1.05. The van der Waals surface area contributed by atoms with Crippen LogP contribution in [0, 0.1) is 5.82 Å². The van der Waals surface area contributed by atoms with E-state index in [1.165, 1.54) is 23.1 Å². The van der Waals surface area contributed by atoms with Gasteiger partial charge in [0.25, 0.3) is 0 Å². The van der Waals surface area contributed by atoms with Crippen LogP contribution < -0.4 is 10.0 Å². The molecule has 78 valence electrons. The lowest BCUT2D eigenvalue weighted by Crippen LogP contribution is -3.02. The number of quaternary nitrogens is 1.